The van der Waals surface area contributed by atoms with Crippen molar-refractivity contribution in [1.29, 1.82) is 0 Å². The third-order valence-electron chi connectivity index (χ3n) is 5.93. The van der Waals surface area contributed by atoms with E-state index in [1.807, 2.05) is 0 Å². The number of non-ortho nitro benzene ring substituents is 1. The summed E-state index contributed by atoms with van der Waals surface area (Å²) in [6, 6.07) is 11.7. The van der Waals surface area contributed by atoms with Gasteiger partial charge < -0.3 is 19.5 Å². The molecule has 0 radical (unpaired) electrons. The van der Waals surface area contributed by atoms with Crippen molar-refractivity contribution in [3.05, 3.63) is 81.0 Å². The molecule has 1 aliphatic rings. The number of amides is 1. The molecule has 39 heavy (non-hydrogen) atoms. The fraction of sp³-hybridized carbons (Fsp3) is 0.296. The minimum Gasteiger partial charge on any atom is -0.468 e. The van der Waals surface area contributed by atoms with Gasteiger partial charge in [0.2, 0.25) is 5.91 Å². The Morgan fingerprint density at radius 1 is 1.00 bits per heavy atom. The molecule has 2 aromatic rings. The first-order valence-corrected chi connectivity index (χ1v) is 11.8. The highest BCUT2D eigenvalue weighted by molar-refractivity contribution is 6.07. The van der Waals surface area contributed by atoms with Crippen molar-refractivity contribution in [2.45, 2.75) is 26.7 Å². The van der Waals surface area contributed by atoms with Crippen molar-refractivity contribution in [1.82, 2.24) is 0 Å². The minimum atomic E-state index is -1.01. The first-order valence-electron chi connectivity index (χ1n) is 11.8. The smallest absolute Gasteiger partial charge is 0.338 e. The van der Waals surface area contributed by atoms with Gasteiger partial charge in [0.25, 0.3) is 5.69 Å². The van der Waals surface area contributed by atoms with Gasteiger partial charge in [0.1, 0.15) is 19.1 Å². The van der Waals surface area contributed by atoms with E-state index >= 15 is 0 Å². The number of carbonyl (C=O) groups excluding carboxylic acids is 4. The highest BCUT2D eigenvalue weighted by Crippen LogP contribution is 2.40. The highest BCUT2D eigenvalue weighted by atomic mass is 16.6. The Kier molecular flexibility index (Phi) is 9.26. The van der Waals surface area contributed by atoms with Crippen LogP contribution in [0.3, 0.4) is 0 Å². The van der Waals surface area contributed by atoms with Crippen LogP contribution in [0.25, 0.3) is 0 Å². The second-order valence-corrected chi connectivity index (χ2v) is 8.61. The maximum atomic E-state index is 13.2. The van der Waals surface area contributed by atoms with E-state index in [0.717, 1.165) is 0 Å². The molecule has 0 bridgehead atoms. The molecule has 3 rings (SSSR count). The monoisotopic (exact) mass is 537 g/mol. The number of nitro benzene ring substituents is 1. The van der Waals surface area contributed by atoms with Crippen LogP contribution in [-0.4, -0.2) is 54.8 Å². The van der Waals surface area contributed by atoms with Crippen LogP contribution < -0.4 is 5.32 Å². The molecule has 0 saturated heterocycles. The number of rotatable bonds is 9. The molecule has 2 aromatic carbocycles. The Morgan fingerprint density at radius 2 is 1.64 bits per heavy atom. The van der Waals surface area contributed by atoms with E-state index in [1.54, 1.807) is 32.0 Å². The molecule has 12 heteroatoms. The van der Waals surface area contributed by atoms with Crippen LogP contribution in [0.4, 0.5) is 11.4 Å². The summed E-state index contributed by atoms with van der Waals surface area (Å²) < 4.78 is 15.5. The average molecular weight is 538 g/mol. The van der Waals surface area contributed by atoms with Crippen LogP contribution in [0.1, 0.15) is 42.6 Å². The quantitative estimate of drug-likeness (QED) is 0.166. The van der Waals surface area contributed by atoms with Crippen molar-refractivity contribution in [3.63, 3.8) is 0 Å². The zero-order chi connectivity index (χ0) is 28.7. The van der Waals surface area contributed by atoms with Gasteiger partial charge in [-0.3, -0.25) is 24.7 Å². The standard InChI is InChI=1S/C27H27N3O9/c1-15-22(26(33)37-4)24(19-6-5-7-21(14-19)30(35)36)23(16(2)28-15)27(34)39-13-12-38-25(32)18-8-10-20(11-9-18)29-17(3)31/h5-11,14,22,24H,12-13H2,1-4H3,(H,29,31). The second kappa shape index (κ2) is 12.6. The number of hydrogen-bond donors (Lipinski definition) is 1. The van der Waals surface area contributed by atoms with Crippen LogP contribution in [0.15, 0.2) is 64.8 Å². The topological polar surface area (TPSA) is 164 Å². The highest BCUT2D eigenvalue weighted by Gasteiger charge is 2.42. The van der Waals surface area contributed by atoms with Gasteiger partial charge in [-0.05, 0) is 43.7 Å². The Bertz CT molecular complexity index is 1360. The van der Waals surface area contributed by atoms with Gasteiger partial charge in [0.15, 0.2) is 0 Å². The molecule has 0 spiro atoms. The number of nitro groups is 1. The van der Waals surface area contributed by atoms with Crippen molar-refractivity contribution in [2.24, 2.45) is 10.9 Å². The maximum Gasteiger partial charge on any atom is 0.338 e. The van der Waals surface area contributed by atoms with E-state index in [0.29, 0.717) is 17.0 Å². The summed E-state index contributed by atoms with van der Waals surface area (Å²) in [5, 5.41) is 14.0. The third-order valence-corrected chi connectivity index (χ3v) is 5.93. The van der Waals surface area contributed by atoms with Gasteiger partial charge in [-0.1, -0.05) is 12.1 Å². The van der Waals surface area contributed by atoms with E-state index in [4.69, 9.17) is 14.2 Å². The molecule has 1 aliphatic heterocycles. The molecule has 0 aliphatic carbocycles. The number of methoxy groups -OCH3 is 1. The Hall–Kier alpha value is -4.87. The number of anilines is 1. The van der Waals surface area contributed by atoms with Gasteiger partial charge in [0.05, 0.1) is 23.2 Å². The Morgan fingerprint density at radius 3 is 2.23 bits per heavy atom. The number of aliphatic imine (C=N–C) groups is 1. The number of ether oxygens (including phenoxy) is 3. The minimum absolute atomic E-state index is 0.0383. The van der Waals surface area contributed by atoms with Crippen molar-refractivity contribution in [2.75, 3.05) is 25.6 Å². The number of carbonyl (C=O) groups is 4. The largest absolute Gasteiger partial charge is 0.468 e. The third kappa shape index (κ3) is 6.92. The summed E-state index contributed by atoms with van der Waals surface area (Å²) in [6.07, 6.45) is 0. The summed E-state index contributed by atoms with van der Waals surface area (Å²) in [5.74, 6) is -4.35. The SMILES string of the molecule is COC(=O)C1C(C)=NC(C)=C(C(=O)OCCOC(=O)c2ccc(NC(C)=O)cc2)C1c1cccc([N+](=O)[O-])c1. The lowest BCUT2D eigenvalue weighted by molar-refractivity contribution is -0.384. The average Bonchev–Trinajstić information content (AvgIpc) is 2.90. The lowest BCUT2D eigenvalue weighted by atomic mass is 9.75. The number of esters is 3. The van der Waals surface area contributed by atoms with Gasteiger partial charge in [0, 0.05) is 42.1 Å². The Labute approximate surface area is 223 Å². The molecule has 0 aromatic heterocycles. The summed E-state index contributed by atoms with van der Waals surface area (Å²) in [7, 11) is 1.20. The lowest BCUT2D eigenvalue weighted by Gasteiger charge is -2.31. The summed E-state index contributed by atoms with van der Waals surface area (Å²) >= 11 is 0. The van der Waals surface area contributed by atoms with Crippen LogP contribution in [0.5, 0.6) is 0 Å². The zero-order valence-corrected chi connectivity index (χ0v) is 21.8. The molecule has 1 amide bonds. The molecule has 2 atom stereocenters. The van der Waals surface area contributed by atoms with E-state index in [2.05, 4.69) is 10.3 Å². The molecule has 12 nitrogen and oxygen atoms in total. The number of nitrogens with zero attached hydrogens (tertiary/aromatic N) is 2. The number of nitrogens with one attached hydrogen (secondary N) is 1. The fourth-order valence-corrected chi connectivity index (χ4v) is 4.25. The van der Waals surface area contributed by atoms with E-state index in [9.17, 15) is 29.3 Å². The van der Waals surface area contributed by atoms with E-state index in [-0.39, 0.29) is 41.6 Å². The molecule has 0 fully saturated rings. The maximum absolute atomic E-state index is 13.2. The number of hydrogen-bond acceptors (Lipinski definition) is 10. The van der Waals surface area contributed by atoms with Crippen LogP contribution in [0, 0.1) is 16.0 Å². The lowest BCUT2D eigenvalue weighted by Crippen LogP contribution is -2.36. The Balaban J connectivity index is 1.75. The molecular formula is C27H27N3O9. The first kappa shape index (κ1) is 28.7. The molecule has 1 heterocycles. The number of allylic oxidation sites excluding steroid dienone is 1. The molecule has 1 N–H and O–H groups in total. The molecule has 204 valence electrons. The van der Waals surface area contributed by atoms with Crippen molar-refractivity contribution < 1.29 is 38.3 Å². The first-order chi connectivity index (χ1) is 18.5. The van der Waals surface area contributed by atoms with Gasteiger partial charge in [-0.25, -0.2) is 9.59 Å². The van der Waals surface area contributed by atoms with Gasteiger partial charge in [-0.2, -0.15) is 0 Å². The van der Waals surface area contributed by atoms with Gasteiger partial charge in [-0.15, -0.1) is 0 Å². The van der Waals surface area contributed by atoms with Crippen LogP contribution in [-0.2, 0) is 28.6 Å². The van der Waals surface area contributed by atoms with E-state index < -0.39 is 34.7 Å². The van der Waals surface area contributed by atoms with Crippen LogP contribution >= 0.6 is 0 Å². The summed E-state index contributed by atoms with van der Waals surface area (Å²) in [4.78, 5) is 64.5. The molecule has 2 unspecified atom stereocenters. The van der Waals surface area contributed by atoms with Crippen LogP contribution in [0.2, 0.25) is 0 Å². The fourth-order valence-electron chi connectivity index (χ4n) is 4.25. The molecular weight excluding hydrogens is 510 g/mol. The summed E-state index contributed by atoms with van der Waals surface area (Å²) in [5.41, 5.74) is 1.59. The second-order valence-electron chi connectivity index (χ2n) is 8.61. The number of benzene rings is 2. The van der Waals surface area contributed by atoms with Crippen molar-refractivity contribution in [3.8, 4) is 0 Å². The predicted molar refractivity (Wildman–Crippen MR) is 139 cm³/mol. The summed E-state index contributed by atoms with van der Waals surface area (Å²) in [6.45, 7) is 4.00. The van der Waals surface area contributed by atoms with Gasteiger partial charge >= 0.3 is 17.9 Å². The zero-order valence-electron chi connectivity index (χ0n) is 21.8. The normalized spacial score (nSPS) is 16.6. The van der Waals surface area contributed by atoms with E-state index in [1.165, 1.54) is 44.4 Å². The van der Waals surface area contributed by atoms with Crippen molar-refractivity contribution >= 4 is 40.9 Å². The predicted octanol–water partition coefficient (Wildman–Crippen LogP) is 3.57. The molecule has 0 saturated carbocycles.